The van der Waals surface area contributed by atoms with Crippen molar-refractivity contribution in [1.82, 2.24) is 4.57 Å². The minimum Gasteiger partial charge on any atom is -0.454 e. The number of aryl methyl sites for hydroxylation is 1. The SMILES string of the molecule is Cc1cc(C(=O)COC(=O)c2ccccc2NCCC2=CCCCC2)c(C)n1[C@@H]1CCS(=O)(=O)C1. The molecular formula is C27H34N2O5S. The maximum atomic E-state index is 12.9. The van der Waals surface area contributed by atoms with Crippen LogP contribution < -0.4 is 5.32 Å². The fourth-order valence-corrected chi connectivity index (χ4v) is 6.89. The van der Waals surface area contributed by atoms with E-state index in [-0.39, 0.29) is 29.9 Å². The Labute approximate surface area is 207 Å². The van der Waals surface area contributed by atoms with Crippen LogP contribution in [0.15, 0.2) is 42.0 Å². The molecule has 1 N–H and O–H groups in total. The van der Waals surface area contributed by atoms with Crippen molar-refractivity contribution in [2.24, 2.45) is 0 Å². The number of carbonyl (C=O) groups is 2. The summed E-state index contributed by atoms with van der Waals surface area (Å²) < 4.78 is 31.2. The predicted molar refractivity (Wildman–Crippen MR) is 137 cm³/mol. The van der Waals surface area contributed by atoms with Crippen LogP contribution in [0.25, 0.3) is 0 Å². The van der Waals surface area contributed by atoms with E-state index in [0.717, 1.165) is 31.5 Å². The van der Waals surface area contributed by atoms with Crippen molar-refractivity contribution in [3.8, 4) is 0 Å². The highest BCUT2D eigenvalue weighted by Crippen LogP contribution is 2.29. The summed E-state index contributed by atoms with van der Waals surface area (Å²) in [6, 6.07) is 8.77. The molecule has 2 heterocycles. The first kappa shape index (κ1) is 25.2. The average molecular weight is 499 g/mol. The molecule has 7 nitrogen and oxygen atoms in total. The number of para-hydroxylation sites is 1. The monoisotopic (exact) mass is 498 g/mol. The van der Waals surface area contributed by atoms with E-state index in [0.29, 0.717) is 28.9 Å². The van der Waals surface area contributed by atoms with E-state index in [4.69, 9.17) is 4.74 Å². The molecule has 0 amide bonds. The molecule has 188 valence electrons. The number of ether oxygens (including phenoxy) is 1. The number of esters is 1. The van der Waals surface area contributed by atoms with Crippen LogP contribution in [0.1, 0.15) is 76.7 Å². The van der Waals surface area contributed by atoms with Gasteiger partial charge in [-0.15, -0.1) is 0 Å². The van der Waals surface area contributed by atoms with Crippen LogP contribution in [0, 0.1) is 13.8 Å². The maximum Gasteiger partial charge on any atom is 0.340 e. The van der Waals surface area contributed by atoms with E-state index in [1.807, 2.05) is 30.5 Å². The molecule has 0 spiro atoms. The standard InChI is InChI=1S/C27H34N2O5S/c1-19-16-24(20(2)29(19)22-13-15-35(32,33)18-22)26(30)17-34-27(31)23-10-6-7-11-25(23)28-14-12-21-8-4-3-5-9-21/h6-8,10-11,16,22,28H,3-5,9,12-15,17-18H2,1-2H3/t22-/m1/s1. The molecule has 1 aromatic carbocycles. The summed E-state index contributed by atoms with van der Waals surface area (Å²) in [5.74, 6) is -0.587. The Morgan fingerprint density at radius 2 is 1.94 bits per heavy atom. The topological polar surface area (TPSA) is 94.5 Å². The molecule has 1 aliphatic carbocycles. The third-order valence-electron chi connectivity index (χ3n) is 6.99. The van der Waals surface area contributed by atoms with Gasteiger partial charge in [0, 0.05) is 35.2 Å². The van der Waals surface area contributed by atoms with Crippen LogP contribution >= 0.6 is 0 Å². The first-order valence-electron chi connectivity index (χ1n) is 12.3. The van der Waals surface area contributed by atoms with Gasteiger partial charge in [-0.1, -0.05) is 23.8 Å². The maximum absolute atomic E-state index is 12.9. The van der Waals surface area contributed by atoms with Gasteiger partial charge in [0.15, 0.2) is 16.4 Å². The largest absolute Gasteiger partial charge is 0.454 e. The van der Waals surface area contributed by atoms with Gasteiger partial charge >= 0.3 is 5.97 Å². The number of ketones is 1. The van der Waals surface area contributed by atoms with Crippen LogP contribution in [-0.2, 0) is 14.6 Å². The Kier molecular flexibility index (Phi) is 7.79. The van der Waals surface area contributed by atoms with Gasteiger partial charge in [-0.2, -0.15) is 0 Å². The molecule has 1 atom stereocenters. The number of benzene rings is 1. The summed E-state index contributed by atoms with van der Waals surface area (Å²) in [5, 5.41) is 3.34. The number of allylic oxidation sites excluding steroid dienone is 1. The second-order valence-corrected chi connectivity index (χ2v) is 11.8. The van der Waals surface area contributed by atoms with Crippen molar-refractivity contribution in [2.75, 3.05) is 30.0 Å². The first-order chi connectivity index (χ1) is 16.7. The lowest BCUT2D eigenvalue weighted by atomic mass is 9.97. The van der Waals surface area contributed by atoms with Crippen LogP contribution in [0.3, 0.4) is 0 Å². The highest BCUT2D eigenvalue weighted by Gasteiger charge is 2.31. The molecular weight excluding hydrogens is 464 g/mol. The van der Waals surface area contributed by atoms with Crippen molar-refractivity contribution < 1.29 is 22.7 Å². The molecule has 35 heavy (non-hydrogen) atoms. The highest BCUT2D eigenvalue weighted by atomic mass is 32.2. The lowest BCUT2D eigenvalue weighted by Gasteiger charge is -2.16. The first-order valence-corrected chi connectivity index (χ1v) is 14.2. The van der Waals surface area contributed by atoms with Gasteiger partial charge < -0.3 is 14.6 Å². The molecule has 1 fully saturated rings. The van der Waals surface area contributed by atoms with Crippen LogP contribution in [0.2, 0.25) is 0 Å². The van der Waals surface area contributed by atoms with Gasteiger partial charge in [0.2, 0.25) is 5.78 Å². The van der Waals surface area contributed by atoms with Gasteiger partial charge in [-0.05, 0) is 70.6 Å². The molecule has 0 bridgehead atoms. The molecule has 1 aromatic heterocycles. The average Bonchev–Trinajstić information content (AvgIpc) is 3.35. The zero-order valence-corrected chi connectivity index (χ0v) is 21.3. The van der Waals surface area contributed by atoms with Crippen molar-refractivity contribution in [1.29, 1.82) is 0 Å². The number of carbonyl (C=O) groups excluding carboxylic acids is 2. The second kappa shape index (κ2) is 10.8. The summed E-state index contributed by atoms with van der Waals surface area (Å²) in [6.45, 7) is 4.05. The molecule has 0 saturated carbocycles. The second-order valence-electron chi connectivity index (χ2n) is 9.54. The normalized spacial score (nSPS) is 19.3. The fraction of sp³-hybridized carbons (Fsp3) is 0.481. The van der Waals surface area contributed by atoms with Gasteiger partial charge in [0.25, 0.3) is 0 Å². The van der Waals surface area contributed by atoms with Crippen molar-refractivity contribution in [3.05, 3.63) is 64.5 Å². The third kappa shape index (κ3) is 6.04. The number of Topliss-reactive ketones (excluding diaryl/α,β-unsaturated/α-hetero) is 1. The molecule has 4 rings (SSSR count). The minimum atomic E-state index is -3.04. The van der Waals surface area contributed by atoms with E-state index in [2.05, 4.69) is 11.4 Å². The Morgan fingerprint density at radius 3 is 2.66 bits per heavy atom. The van der Waals surface area contributed by atoms with Crippen LogP contribution in [0.5, 0.6) is 0 Å². The summed E-state index contributed by atoms with van der Waals surface area (Å²) >= 11 is 0. The molecule has 1 aliphatic heterocycles. The third-order valence-corrected chi connectivity index (χ3v) is 8.74. The van der Waals surface area contributed by atoms with Crippen molar-refractivity contribution >= 4 is 27.3 Å². The number of nitrogens with one attached hydrogen (secondary N) is 1. The van der Waals surface area contributed by atoms with E-state index >= 15 is 0 Å². The number of nitrogens with zero attached hydrogens (tertiary/aromatic N) is 1. The number of aromatic nitrogens is 1. The molecule has 0 radical (unpaired) electrons. The van der Waals surface area contributed by atoms with Gasteiger partial charge in [-0.3, -0.25) is 4.79 Å². The van der Waals surface area contributed by atoms with E-state index in [1.165, 1.54) is 18.4 Å². The van der Waals surface area contributed by atoms with Gasteiger partial charge in [-0.25, -0.2) is 13.2 Å². The number of hydrogen-bond donors (Lipinski definition) is 1. The molecule has 1 saturated heterocycles. The molecule has 0 unspecified atom stereocenters. The Bertz CT molecular complexity index is 1240. The van der Waals surface area contributed by atoms with E-state index < -0.39 is 15.8 Å². The minimum absolute atomic E-state index is 0.0903. The van der Waals surface area contributed by atoms with Crippen molar-refractivity contribution in [2.45, 2.75) is 58.4 Å². The lowest BCUT2D eigenvalue weighted by molar-refractivity contribution is 0.0475. The van der Waals surface area contributed by atoms with E-state index in [1.54, 1.807) is 18.2 Å². The number of sulfone groups is 1. The Morgan fingerprint density at radius 1 is 1.14 bits per heavy atom. The molecule has 8 heteroatoms. The highest BCUT2D eigenvalue weighted by molar-refractivity contribution is 7.91. The van der Waals surface area contributed by atoms with Gasteiger partial charge in [0.1, 0.15) is 0 Å². The fourth-order valence-electron chi connectivity index (χ4n) is 5.19. The summed E-state index contributed by atoms with van der Waals surface area (Å²) in [6.07, 6.45) is 8.60. The summed E-state index contributed by atoms with van der Waals surface area (Å²) in [5.41, 5.74) is 4.57. The molecule has 2 aliphatic rings. The Hall–Kier alpha value is -2.87. The summed E-state index contributed by atoms with van der Waals surface area (Å²) in [7, 11) is -3.04. The Balaban J connectivity index is 1.37. The summed E-state index contributed by atoms with van der Waals surface area (Å²) in [4.78, 5) is 25.7. The number of rotatable bonds is 9. The quantitative estimate of drug-likeness (QED) is 0.303. The zero-order chi connectivity index (χ0) is 25.0. The van der Waals surface area contributed by atoms with Crippen molar-refractivity contribution in [3.63, 3.8) is 0 Å². The predicted octanol–water partition coefficient (Wildman–Crippen LogP) is 4.81. The van der Waals surface area contributed by atoms with Crippen LogP contribution in [0.4, 0.5) is 5.69 Å². The number of anilines is 1. The lowest BCUT2D eigenvalue weighted by Crippen LogP contribution is -2.18. The van der Waals surface area contributed by atoms with E-state index in [9.17, 15) is 18.0 Å². The number of hydrogen-bond acceptors (Lipinski definition) is 6. The zero-order valence-electron chi connectivity index (χ0n) is 20.5. The van der Waals surface area contributed by atoms with Crippen LogP contribution in [-0.4, -0.2) is 49.4 Å². The molecule has 2 aromatic rings. The smallest absolute Gasteiger partial charge is 0.340 e. The van der Waals surface area contributed by atoms with Gasteiger partial charge in [0.05, 0.1) is 17.1 Å².